The van der Waals surface area contributed by atoms with E-state index < -0.39 is 12.0 Å². The van der Waals surface area contributed by atoms with Crippen molar-refractivity contribution in [1.29, 1.82) is 0 Å². The van der Waals surface area contributed by atoms with Crippen molar-refractivity contribution in [2.75, 3.05) is 14.2 Å². The summed E-state index contributed by atoms with van der Waals surface area (Å²) in [6.45, 7) is 5.72. The van der Waals surface area contributed by atoms with E-state index in [1.165, 1.54) is 12.0 Å². The van der Waals surface area contributed by atoms with Gasteiger partial charge in [0, 0.05) is 7.05 Å². The fourth-order valence-electron chi connectivity index (χ4n) is 1.79. The van der Waals surface area contributed by atoms with Crippen LogP contribution in [-0.2, 0) is 16.1 Å². The minimum atomic E-state index is -0.545. The van der Waals surface area contributed by atoms with Crippen molar-refractivity contribution in [3.8, 4) is 0 Å². The molecule has 1 aromatic rings. The molecule has 1 atom stereocenters. The molecule has 6 heteroatoms. The number of rotatable bonds is 5. The van der Waals surface area contributed by atoms with Crippen molar-refractivity contribution < 1.29 is 18.7 Å². The predicted octanol–water partition coefficient (Wildman–Crippen LogP) is 1.32. The first-order valence-electron chi connectivity index (χ1n) is 6.46. The number of methoxy groups -OCH3 is 1. The highest BCUT2D eigenvalue weighted by molar-refractivity contribution is 5.90. The molecule has 2 N–H and O–H groups in total. The highest BCUT2D eigenvalue weighted by Crippen LogP contribution is 2.17. The summed E-state index contributed by atoms with van der Waals surface area (Å²) in [5, 5.41) is 0. The number of furan rings is 1. The van der Waals surface area contributed by atoms with Crippen molar-refractivity contribution >= 4 is 11.9 Å². The van der Waals surface area contributed by atoms with E-state index in [0.717, 1.165) is 0 Å². The van der Waals surface area contributed by atoms with E-state index in [1.807, 2.05) is 13.8 Å². The zero-order valence-corrected chi connectivity index (χ0v) is 12.6. The van der Waals surface area contributed by atoms with E-state index in [-0.39, 0.29) is 18.4 Å². The van der Waals surface area contributed by atoms with Crippen molar-refractivity contribution in [1.82, 2.24) is 4.90 Å². The molecule has 0 radical (unpaired) electrons. The number of aryl methyl sites for hydroxylation is 1. The molecule has 0 spiro atoms. The topological polar surface area (TPSA) is 85.8 Å². The van der Waals surface area contributed by atoms with Crippen molar-refractivity contribution in [3.63, 3.8) is 0 Å². The first-order chi connectivity index (χ1) is 9.27. The Balaban J connectivity index is 2.79. The number of likely N-dealkylation sites (N-methyl/N-ethyl adjacent to an activating group) is 1. The van der Waals surface area contributed by atoms with Crippen molar-refractivity contribution in [2.24, 2.45) is 11.7 Å². The molecule has 0 saturated carbocycles. The third kappa shape index (κ3) is 3.60. The average Bonchev–Trinajstić information content (AvgIpc) is 2.76. The Morgan fingerprint density at radius 3 is 2.55 bits per heavy atom. The SMILES string of the molecule is COC(=O)c1cc(CN(C)C(=O)[C@@H](N)C(C)C)oc1C. The second kappa shape index (κ2) is 6.56. The van der Waals surface area contributed by atoms with Gasteiger partial charge >= 0.3 is 5.97 Å². The molecule has 1 aromatic heterocycles. The standard InChI is InChI=1S/C14H22N2O4/c1-8(2)12(15)13(17)16(4)7-10-6-11(9(3)20-10)14(18)19-5/h6,8,12H,7,15H2,1-5H3/t12-/m0/s1. The Morgan fingerprint density at radius 2 is 2.05 bits per heavy atom. The minimum absolute atomic E-state index is 0.0638. The molecule has 0 aromatic carbocycles. The van der Waals surface area contributed by atoms with Crippen LogP contribution in [0.3, 0.4) is 0 Å². The number of nitrogens with zero attached hydrogens (tertiary/aromatic N) is 1. The monoisotopic (exact) mass is 282 g/mol. The lowest BCUT2D eigenvalue weighted by Gasteiger charge is -2.22. The number of nitrogens with two attached hydrogens (primary N) is 1. The Hall–Kier alpha value is -1.82. The van der Waals surface area contributed by atoms with Gasteiger partial charge in [-0.1, -0.05) is 13.8 Å². The van der Waals surface area contributed by atoms with E-state index in [2.05, 4.69) is 4.74 Å². The maximum atomic E-state index is 12.0. The lowest BCUT2D eigenvalue weighted by atomic mass is 10.0. The number of hydrogen-bond donors (Lipinski definition) is 1. The molecule has 1 amide bonds. The molecule has 20 heavy (non-hydrogen) atoms. The fourth-order valence-corrected chi connectivity index (χ4v) is 1.79. The summed E-state index contributed by atoms with van der Waals surface area (Å²) < 4.78 is 10.1. The maximum Gasteiger partial charge on any atom is 0.341 e. The summed E-state index contributed by atoms with van der Waals surface area (Å²) in [6, 6.07) is 1.04. The molecular weight excluding hydrogens is 260 g/mol. The van der Waals surface area contributed by atoms with Gasteiger partial charge in [0.15, 0.2) is 0 Å². The van der Waals surface area contributed by atoms with Crippen LogP contribution in [0.2, 0.25) is 0 Å². The predicted molar refractivity (Wildman–Crippen MR) is 74.1 cm³/mol. The van der Waals surface area contributed by atoms with Gasteiger partial charge in [-0.15, -0.1) is 0 Å². The summed E-state index contributed by atoms with van der Waals surface area (Å²) >= 11 is 0. The third-order valence-corrected chi connectivity index (χ3v) is 3.15. The van der Waals surface area contributed by atoms with Gasteiger partial charge in [-0.3, -0.25) is 4.79 Å². The van der Waals surface area contributed by atoms with E-state index in [1.54, 1.807) is 20.0 Å². The van der Waals surface area contributed by atoms with Gasteiger partial charge < -0.3 is 19.8 Å². The van der Waals surface area contributed by atoms with Gasteiger partial charge in [-0.2, -0.15) is 0 Å². The Labute approximate surface area is 118 Å². The summed E-state index contributed by atoms with van der Waals surface area (Å²) in [7, 11) is 2.96. The van der Waals surface area contributed by atoms with E-state index in [4.69, 9.17) is 10.2 Å². The molecule has 6 nitrogen and oxygen atoms in total. The van der Waals surface area contributed by atoms with E-state index in [0.29, 0.717) is 17.1 Å². The van der Waals surface area contributed by atoms with Crippen LogP contribution in [0.25, 0.3) is 0 Å². The third-order valence-electron chi connectivity index (χ3n) is 3.15. The quantitative estimate of drug-likeness (QED) is 0.823. The molecule has 112 valence electrons. The van der Waals surface area contributed by atoms with Crippen LogP contribution in [-0.4, -0.2) is 37.0 Å². The highest BCUT2D eigenvalue weighted by atomic mass is 16.5. The smallest absolute Gasteiger partial charge is 0.341 e. The summed E-state index contributed by atoms with van der Waals surface area (Å²) in [4.78, 5) is 25.0. The number of amides is 1. The molecule has 1 rings (SSSR count). The van der Waals surface area contributed by atoms with Gasteiger partial charge in [0.2, 0.25) is 5.91 Å². The average molecular weight is 282 g/mol. The molecule has 0 fully saturated rings. The van der Waals surface area contributed by atoms with Gasteiger partial charge in [-0.25, -0.2) is 4.79 Å². The van der Waals surface area contributed by atoms with Crippen LogP contribution < -0.4 is 5.73 Å². The zero-order valence-electron chi connectivity index (χ0n) is 12.6. The summed E-state index contributed by atoms with van der Waals surface area (Å²) in [6.07, 6.45) is 0. The lowest BCUT2D eigenvalue weighted by Crippen LogP contribution is -2.44. The normalized spacial score (nSPS) is 12.3. The van der Waals surface area contributed by atoms with Gasteiger partial charge in [0.1, 0.15) is 17.1 Å². The minimum Gasteiger partial charge on any atom is -0.465 e. The van der Waals surface area contributed by atoms with Crippen LogP contribution in [0.1, 0.15) is 35.7 Å². The Kier molecular flexibility index (Phi) is 5.33. The summed E-state index contributed by atoms with van der Waals surface area (Å²) in [5.74, 6) is 0.448. The maximum absolute atomic E-state index is 12.0. The van der Waals surface area contributed by atoms with Gasteiger partial charge in [-0.05, 0) is 18.9 Å². The molecule has 0 aliphatic heterocycles. The van der Waals surface area contributed by atoms with E-state index >= 15 is 0 Å². The molecule has 0 saturated heterocycles. The molecule has 0 aliphatic carbocycles. The first kappa shape index (κ1) is 16.2. The number of carbonyl (C=O) groups is 2. The molecule has 1 heterocycles. The van der Waals surface area contributed by atoms with Gasteiger partial charge in [0.25, 0.3) is 0 Å². The van der Waals surface area contributed by atoms with Crippen molar-refractivity contribution in [3.05, 3.63) is 23.2 Å². The van der Waals surface area contributed by atoms with Crippen LogP contribution in [0, 0.1) is 12.8 Å². The molecule has 0 bridgehead atoms. The molecule has 0 unspecified atom stereocenters. The largest absolute Gasteiger partial charge is 0.465 e. The Bertz CT molecular complexity index is 493. The molecular formula is C14H22N2O4. The molecule has 0 aliphatic rings. The number of esters is 1. The van der Waals surface area contributed by atoms with Crippen LogP contribution >= 0.6 is 0 Å². The van der Waals surface area contributed by atoms with Crippen molar-refractivity contribution in [2.45, 2.75) is 33.4 Å². The Morgan fingerprint density at radius 1 is 1.45 bits per heavy atom. The van der Waals surface area contributed by atoms with E-state index in [9.17, 15) is 9.59 Å². The second-order valence-corrected chi connectivity index (χ2v) is 5.14. The fraction of sp³-hybridized carbons (Fsp3) is 0.571. The number of hydrogen-bond acceptors (Lipinski definition) is 5. The zero-order chi connectivity index (χ0) is 15.4. The highest BCUT2D eigenvalue weighted by Gasteiger charge is 2.23. The number of carbonyl (C=O) groups excluding carboxylic acids is 2. The van der Waals surface area contributed by atoms with Gasteiger partial charge in [0.05, 0.1) is 19.7 Å². The lowest BCUT2D eigenvalue weighted by molar-refractivity contribution is -0.133. The number of ether oxygens (including phenoxy) is 1. The second-order valence-electron chi connectivity index (χ2n) is 5.14. The first-order valence-corrected chi connectivity index (χ1v) is 6.46. The van der Waals surface area contributed by atoms with Crippen LogP contribution in [0.5, 0.6) is 0 Å². The van der Waals surface area contributed by atoms with Crippen LogP contribution in [0.4, 0.5) is 0 Å². The summed E-state index contributed by atoms with van der Waals surface area (Å²) in [5.41, 5.74) is 6.20. The van der Waals surface area contributed by atoms with Crippen LogP contribution in [0.15, 0.2) is 10.5 Å².